The zero-order valence-corrected chi connectivity index (χ0v) is 15.0. The number of carbonyl (C=O) groups excluding carboxylic acids is 1. The zero-order chi connectivity index (χ0) is 18.4. The standard InChI is InChI=1S/C18H32O5/c1-11(2)8-7-9-12(3)16(22)13(4)17(23)18(5,6)14(19)10-15(20)21/h12-14,16,19,22H,1,7-10H2,2-6H3,(H,20,21)/t12-,13+,14-,16-/m0/s1. The fraction of sp³-hybridized carbons (Fsp3) is 0.778. The molecule has 0 fully saturated rings. The van der Waals surface area contributed by atoms with Crippen molar-refractivity contribution < 1.29 is 24.9 Å². The lowest BCUT2D eigenvalue weighted by molar-refractivity contribution is -0.147. The Morgan fingerprint density at radius 3 is 2.13 bits per heavy atom. The largest absolute Gasteiger partial charge is 0.481 e. The highest BCUT2D eigenvalue weighted by molar-refractivity contribution is 5.87. The van der Waals surface area contributed by atoms with Crippen molar-refractivity contribution in [2.45, 2.75) is 72.5 Å². The second kappa shape index (κ2) is 9.18. The highest BCUT2D eigenvalue weighted by atomic mass is 16.4. The topological polar surface area (TPSA) is 94.8 Å². The Morgan fingerprint density at radius 2 is 1.70 bits per heavy atom. The number of Topliss-reactive ketones (excluding diaryl/α,β-unsaturated/α-hetero) is 1. The lowest BCUT2D eigenvalue weighted by Gasteiger charge is -2.34. The lowest BCUT2D eigenvalue weighted by atomic mass is 9.73. The molecule has 0 radical (unpaired) electrons. The summed E-state index contributed by atoms with van der Waals surface area (Å²) in [6.07, 6.45) is -0.00827. The number of carboxylic acids is 1. The van der Waals surface area contributed by atoms with Crippen LogP contribution >= 0.6 is 0 Å². The van der Waals surface area contributed by atoms with Gasteiger partial charge in [-0.15, -0.1) is 6.58 Å². The van der Waals surface area contributed by atoms with Gasteiger partial charge in [-0.1, -0.05) is 33.3 Å². The lowest BCUT2D eigenvalue weighted by Crippen LogP contribution is -2.45. The summed E-state index contributed by atoms with van der Waals surface area (Å²) in [4.78, 5) is 23.3. The Bertz CT molecular complexity index is 427. The first kappa shape index (κ1) is 21.8. The molecule has 0 rings (SSSR count). The summed E-state index contributed by atoms with van der Waals surface area (Å²) in [7, 11) is 0. The van der Waals surface area contributed by atoms with E-state index >= 15 is 0 Å². The molecule has 0 amide bonds. The van der Waals surface area contributed by atoms with E-state index in [1.54, 1.807) is 6.92 Å². The third-order valence-electron chi connectivity index (χ3n) is 4.61. The molecule has 0 saturated heterocycles. The van der Waals surface area contributed by atoms with Crippen molar-refractivity contribution >= 4 is 11.8 Å². The van der Waals surface area contributed by atoms with Gasteiger partial charge in [0.15, 0.2) is 0 Å². The maximum absolute atomic E-state index is 12.6. The van der Waals surface area contributed by atoms with Gasteiger partial charge in [-0.2, -0.15) is 0 Å². The van der Waals surface area contributed by atoms with Gasteiger partial charge in [0.1, 0.15) is 5.78 Å². The van der Waals surface area contributed by atoms with Crippen LogP contribution in [0.3, 0.4) is 0 Å². The van der Waals surface area contributed by atoms with E-state index in [2.05, 4.69) is 6.58 Å². The average Bonchev–Trinajstić information content (AvgIpc) is 2.43. The average molecular weight is 328 g/mol. The second-order valence-electron chi connectivity index (χ2n) is 7.31. The van der Waals surface area contributed by atoms with Crippen molar-refractivity contribution in [3.8, 4) is 0 Å². The molecule has 0 heterocycles. The van der Waals surface area contributed by atoms with Crippen LogP contribution in [0, 0.1) is 17.3 Å². The number of hydrogen-bond acceptors (Lipinski definition) is 4. The number of carbonyl (C=O) groups is 2. The number of aliphatic carboxylic acids is 1. The van der Waals surface area contributed by atoms with Crippen molar-refractivity contribution in [3.05, 3.63) is 12.2 Å². The summed E-state index contributed by atoms with van der Waals surface area (Å²) in [6, 6.07) is 0. The molecule has 0 aromatic rings. The second-order valence-corrected chi connectivity index (χ2v) is 7.31. The van der Waals surface area contributed by atoms with Crippen LogP contribution in [0.4, 0.5) is 0 Å². The minimum atomic E-state index is -1.28. The fourth-order valence-corrected chi connectivity index (χ4v) is 2.72. The van der Waals surface area contributed by atoms with Crippen LogP contribution in [0.15, 0.2) is 12.2 Å². The van der Waals surface area contributed by atoms with Crippen LogP contribution in [0.1, 0.15) is 60.3 Å². The first-order valence-electron chi connectivity index (χ1n) is 8.17. The van der Waals surface area contributed by atoms with Crippen LogP contribution in [0.25, 0.3) is 0 Å². The number of hydrogen-bond donors (Lipinski definition) is 3. The van der Waals surface area contributed by atoms with E-state index in [1.165, 1.54) is 13.8 Å². The molecule has 5 heteroatoms. The fourth-order valence-electron chi connectivity index (χ4n) is 2.72. The van der Waals surface area contributed by atoms with Crippen molar-refractivity contribution in [1.82, 2.24) is 0 Å². The van der Waals surface area contributed by atoms with Gasteiger partial charge in [0.2, 0.25) is 0 Å². The summed E-state index contributed by atoms with van der Waals surface area (Å²) < 4.78 is 0. The molecule has 134 valence electrons. The summed E-state index contributed by atoms with van der Waals surface area (Å²) in [5.41, 5.74) is -0.121. The molecule has 0 aliphatic heterocycles. The van der Waals surface area contributed by atoms with E-state index in [-0.39, 0.29) is 11.7 Å². The molecule has 0 bridgehead atoms. The van der Waals surface area contributed by atoms with Crippen LogP contribution in [-0.4, -0.2) is 39.3 Å². The predicted molar refractivity (Wildman–Crippen MR) is 90.0 cm³/mol. The van der Waals surface area contributed by atoms with Crippen LogP contribution in [-0.2, 0) is 9.59 Å². The number of aliphatic hydroxyl groups excluding tert-OH is 2. The maximum Gasteiger partial charge on any atom is 0.306 e. The summed E-state index contributed by atoms with van der Waals surface area (Å²) >= 11 is 0. The third kappa shape index (κ3) is 6.83. The van der Waals surface area contributed by atoms with Crippen LogP contribution in [0.5, 0.6) is 0 Å². The smallest absolute Gasteiger partial charge is 0.306 e. The highest BCUT2D eigenvalue weighted by Crippen LogP contribution is 2.31. The molecule has 23 heavy (non-hydrogen) atoms. The quantitative estimate of drug-likeness (QED) is 0.507. The van der Waals surface area contributed by atoms with Crippen molar-refractivity contribution in [2.75, 3.05) is 0 Å². The summed E-state index contributed by atoms with van der Waals surface area (Å²) in [5, 5.41) is 29.2. The van der Waals surface area contributed by atoms with Gasteiger partial charge >= 0.3 is 5.97 Å². The Labute approximate surface area is 139 Å². The van der Waals surface area contributed by atoms with Gasteiger partial charge in [0, 0.05) is 5.92 Å². The zero-order valence-electron chi connectivity index (χ0n) is 15.0. The first-order valence-corrected chi connectivity index (χ1v) is 8.17. The molecule has 3 N–H and O–H groups in total. The van der Waals surface area contributed by atoms with Gasteiger partial charge in [0.05, 0.1) is 24.0 Å². The monoisotopic (exact) mass is 328 g/mol. The Morgan fingerprint density at radius 1 is 1.17 bits per heavy atom. The number of carboxylic acid groups (broad SMARTS) is 1. The molecule has 4 atom stereocenters. The molecular weight excluding hydrogens is 296 g/mol. The Hall–Kier alpha value is -1.20. The molecule has 0 aromatic heterocycles. The van der Waals surface area contributed by atoms with E-state index < -0.39 is 35.9 Å². The van der Waals surface area contributed by atoms with Gasteiger partial charge in [0.25, 0.3) is 0 Å². The minimum Gasteiger partial charge on any atom is -0.481 e. The number of ketones is 1. The van der Waals surface area contributed by atoms with Gasteiger partial charge in [-0.25, -0.2) is 0 Å². The van der Waals surface area contributed by atoms with Crippen molar-refractivity contribution in [2.24, 2.45) is 17.3 Å². The van der Waals surface area contributed by atoms with Crippen molar-refractivity contribution in [1.29, 1.82) is 0 Å². The minimum absolute atomic E-state index is 0.0549. The predicted octanol–water partition coefficient (Wildman–Crippen LogP) is 2.80. The molecular formula is C18H32O5. The first-order chi connectivity index (χ1) is 10.4. The molecule has 0 spiro atoms. The Balaban J connectivity index is 4.78. The van der Waals surface area contributed by atoms with Gasteiger partial charge < -0.3 is 15.3 Å². The molecule has 0 unspecified atom stereocenters. The van der Waals surface area contributed by atoms with Gasteiger partial charge in [-0.3, -0.25) is 9.59 Å². The highest BCUT2D eigenvalue weighted by Gasteiger charge is 2.41. The third-order valence-corrected chi connectivity index (χ3v) is 4.61. The van der Waals surface area contributed by atoms with Gasteiger partial charge in [-0.05, 0) is 32.1 Å². The molecule has 0 aliphatic carbocycles. The van der Waals surface area contributed by atoms with E-state index in [0.29, 0.717) is 0 Å². The number of allylic oxidation sites excluding steroid dienone is 1. The van der Waals surface area contributed by atoms with Crippen LogP contribution in [0.2, 0.25) is 0 Å². The summed E-state index contributed by atoms with van der Waals surface area (Å²) in [5.74, 6) is -2.18. The Kier molecular flexibility index (Phi) is 8.70. The van der Waals surface area contributed by atoms with Crippen LogP contribution < -0.4 is 0 Å². The normalized spacial score (nSPS) is 17.2. The molecule has 0 aliphatic rings. The number of rotatable bonds is 11. The number of aliphatic hydroxyl groups is 2. The van der Waals surface area contributed by atoms with E-state index in [1.807, 2.05) is 13.8 Å². The summed E-state index contributed by atoms with van der Waals surface area (Å²) in [6.45, 7) is 12.4. The van der Waals surface area contributed by atoms with E-state index in [9.17, 15) is 19.8 Å². The van der Waals surface area contributed by atoms with E-state index in [0.717, 1.165) is 24.8 Å². The molecule has 0 aromatic carbocycles. The molecule has 5 nitrogen and oxygen atoms in total. The molecule has 0 saturated carbocycles. The van der Waals surface area contributed by atoms with E-state index in [4.69, 9.17) is 5.11 Å². The van der Waals surface area contributed by atoms with Crippen molar-refractivity contribution in [3.63, 3.8) is 0 Å². The SMILES string of the molecule is C=C(C)CCC[C@H](C)[C@H](O)[C@@H](C)C(=O)C(C)(C)[C@@H](O)CC(=O)O. The maximum atomic E-state index is 12.6.